The van der Waals surface area contributed by atoms with E-state index < -0.39 is 53.8 Å². The topological polar surface area (TPSA) is 164 Å². The van der Waals surface area contributed by atoms with Gasteiger partial charge in [-0.25, -0.2) is 9.59 Å². The van der Waals surface area contributed by atoms with Crippen LogP contribution in [0.4, 0.5) is 0 Å². The third-order valence-electron chi connectivity index (χ3n) is 3.87. The van der Waals surface area contributed by atoms with Crippen LogP contribution in [0.3, 0.4) is 0 Å². The highest BCUT2D eigenvalue weighted by atomic mass is 16.7. The van der Waals surface area contributed by atoms with Crippen molar-refractivity contribution in [1.29, 1.82) is 0 Å². The van der Waals surface area contributed by atoms with Gasteiger partial charge in [0, 0.05) is 6.07 Å². The van der Waals surface area contributed by atoms with E-state index in [4.69, 9.17) is 19.0 Å². The van der Waals surface area contributed by atoms with Crippen molar-refractivity contribution in [3.63, 3.8) is 0 Å². The maximum atomic E-state index is 12.2. The fraction of sp³-hybridized carbons (Fsp3) is 0.312. The minimum atomic E-state index is -1.92. The summed E-state index contributed by atoms with van der Waals surface area (Å²) in [6.07, 6.45) is -9.56. The third-order valence-corrected chi connectivity index (χ3v) is 3.87. The van der Waals surface area contributed by atoms with E-state index in [1.54, 1.807) is 12.1 Å². The van der Waals surface area contributed by atoms with Gasteiger partial charge in [-0.1, -0.05) is 12.1 Å². The molecule has 0 aliphatic carbocycles. The van der Waals surface area contributed by atoms with Gasteiger partial charge in [0.15, 0.2) is 11.5 Å². The number of esters is 1. The Morgan fingerprint density at radius 2 is 1.73 bits per heavy atom. The van der Waals surface area contributed by atoms with Crippen LogP contribution in [0.2, 0.25) is 0 Å². The second-order valence-corrected chi connectivity index (χ2v) is 5.61. The summed E-state index contributed by atoms with van der Waals surface area (Å²) in [4.78, 5) is 35.2. The van der Waals surface area contributed by atoms with Crippen LogP contribution in [0.1, 0.15) is 10.6 Å². The molecule has 10 heteroatoms. The fourth-order valence-electron chi connectivity index (χ4n) is 2.52. The first kappa shape index (κ1) is 18.0. The van der Waals surface area contributed by atoms with E-state index in [9.17, 15) is 29.7 Å². The first-order valence-corrected chi connectivity index (χ1v) is 7.46. The summed E-state index contributed by atoms with van der Waals surface area (Å²) in [5, 5.41) is 38.3. The molecule has 5 unspecified atom stereocenters. The molecule has 2 heterocycles. The molecule has 1 aliphatic rings. The van der Waals surface area contributed by atoms with Gasteiger partial charge in [0.05, 0.1) is 5.39 Å². The lowest BCUT2D eigenvalue weighted by Gasteiger charge is -2.37. The van der Waals surface area contributed by atoms with Crippen LogP contribution in [-0.4, -0.2) is 63.1 Å². The van der Waals surface area contributed by atoms with Gasteiger partial charge in [-0.2, -0.15) is 0 Å². The first-order chi connectivity index (χ1) is 12.3. The van der Waals surface area contributed by atoms with Crippen LogP contribution in [0, 0.1) is 0 Å². The molecule has 1 aromatic carbocycles. The van der Waals surface area contributed by atoms with Gasteiger partial charge in [0.25, 0.3) is 0 Å². The summed E-state index contributed by atoms with van der Waals surface area (Å²) in [5.41, 5.74) is -0.390. The molecule has 3 rings (SSSR count). The van der Waals surface area contributed by atoms with Crippen molar-refractivity contribution in [2.45, 2.75) is 30.7 Å². The number of carboxylic acids is 1. The number of hydrogen-bond donors (Lipinski definition) is 4. The van der Waals surface area contributed by atoms with Crippen LogP contribution in [-0.2, 0) is 14.3 Å². The lowest BCUT2D eigenvalue weighted by atomic mass is 9.99. The Labute approximate surface area is 144 Å². The zero-order chi connectivity index (χ0) is 19.0. The van der Waals surface area contributed by atoms with E-state index in [2.05, 4.69) is 0 Å². The molecular formula is C16H14O10. The predicted octanol–water partition coefficient (Wildman–Crippen LogP) is -1.16. The number of para-hydroxylation sites is 1. The molecule has 26 heavy (non-hydrogen) atoms. The van der Waals surface area contributed by atoms with Gasteiger partial charge in [-0.15, -0.1) is 0 Å². The van der Waals surface area contributed by atoms with Crippen molar-refractivity contribution in [2.75, 3.05) is 0 Å². The molecule has 0 bridgehead atoms. The molecule has 1 saturated heterocycles. The Morgan fingerprint density at radius 3 is 2.42 bits per heavy atom. The highest BCUT2D eigenvalue weighted by molar-refractivity contribution is 5.89. The molecule has 0 spiro atoms. The van der Waals surface area contributed by atoms with Crippen molar-refractivity contribution < 1.29 is 43.9 Å². The number of hydrogen-bond acceptors (Lipinski definition) is 9. The normalized spacial score (nSPS) is 28.7. The zero-order valence-electron chi connectivity index (χ0n) is 13.0. The zero-order valence-corrected chi connectivity index (χ0v) is 13.0. The van der Waals surface area contributed by atoms with E-state index >= 15 is 0 Å². The molecular weight excluding hydrogens is 352 g/mol. The summed E-state index contributed by atoms with van der Waals surface area (Å²) in [6, 6.07) is 7.03. The average molecular weight is 366 g/mol. The van der Waals surface area contributed by atoms with Gasteiger partial charge in [0.2, 0.25) is 12.1 Å². The summed E-state index contributed by atoms with van der Waals surface area (Å²) in [5.74, 6) is -3.34. The van der Waals surface area contributed by atoms with E-state index in [1.807, 2.05) is 0 Å². The lowest BCUT2D eigenvalue weighted by Crippen LogP contribution is -2.60. The Bertz CT molecular complexity index is 903. The number of aliphatic carboxylic acids is 1. The molecule has 10 nitrogen and oxygen atoms in total. The molecule has 1 fully saturated rings. The predicted molar refractivity (Wildman–Crippen MR) is 82.2 cm³/mol. The quantitative estimate of drug-likeness (QED) is 0.487. The molecule has 0 radical (unpaired) electrons. The number of benzene rings is 1. The number of ether oxygens (including phenoxy) is 2. The van der Waals surface area contributed by atoms with Crippen molar-refractivity contribution in [3.05, 3.63) is 46.3 Å². The monoisotopic (exact) mass is 366 g/mol. The Hall–Kier alpha value is -2.79. The number of carbonyl (C=O) groups excluding carboxylic acids is 1. The number of aliphatic hydroxyl groups excluding tert-OH is 3. The second kappa shape index (κ2) is 6.84. The highest BCUT2D eigenvalue weighted by Gasteiger charge is 2.48. The van der Waals surface area contributed by atoms with Crippen LogP contribution in [0.5, 0.6) is 0 Å². The highest BCUT2D eigenvalue weighted by Crippen LogP contribution is 2.23. The van der Waals surface area contributed by atoms with Crippen molar-refractivity contribution in [2.24, 2.45) is 0 Å². The molecule has 4 N–H and O–H groups in total. The fourth-order valence-corrected chi connectivity index (χ4v) is 2.52. The largest absolute Gasteiger partial charge is 0.479 e. The summed E-state index contributed by atoms with van der Waals surface area (Å²) in [6.45, 7) is 0. The van der Waals surface area contributed by atoms with Crippen LogP contribution < -0.4 is 5.43 Å². The number of rotatable bonds is 3. The van der Waals surface area contributed by atoms with Gasteiger partial charge in [0.1, 0.15) is 23.9 Å². The van der Waals surface area contributed by atoms with Crippen LogP contribution in [0.15, 0.2) is 39.5 Å². The standard InChI is InChI=1S/C16H14O10/c17-7-5-9(24-8-4-2-1-3-6(7)8)15(23)26-16-12(20)10(18)11(19)13(25-16)14(21)22/h1-5,10-13,16,18-20H,(H,21,22). The Balaban J connectivity index is 1.85. The van der Waals surface area contributed by atoms with E-state index in [-0.39, 0.29) is 11.0 Å². The van der Waals surface area contributed by atoms with Gasteiger partial charge in [-0.3, -0.25) is 4.79 Å². The number of aliphatic hydroxyl groups is 3. The van der Waals surface area contributed by atoms with E-state index in [0.29, 0.717) is 0 Å². The summed E-state index contributed by atoms with van der Waals surface area (Å²) in [7, 11) is 0. The SMILES string of the molecule is O=C(OC1OC(C(=O)O)C(O)C(O)C1O)c1cc(=O)c2ccccc2o1. The van der Waals surface area contributed by atoms with E-state index in [0.717, 1.165) is 6.07 Å². The summed E-state index contributed by atoms with van der Waals surface area (Å²) < 4.78 is 14.9. The lowest BCUT2D eigenvalue weighted by molar-refractivity contribution is -0.278. The average Bonchev–Trinajstić information content (AvgIpc) is 2.61. The number of fused-ring (bicyclic) bond motifs is 1. The Kier molecular flexibility index (Phi) is 4.74. The molecule has 138 valence electrons. The van der Waals surface area contributed by atoms with Crippen LogP contribution >= 0.6 is 0 Å². The number of carbonyl (C=O) groups is 2. The smallest absolute Gasteiger partial charge is 0.376 e. The minimum absolute atomic E-state index is 0.121. The Morgan fingerprint density at radius 1 is 1.04 bits per heavy atom. The maximum Gasteiger partial charge on any atom is 0.376 e. The van der Waals surface area contributed by atoms with Gasteiger partial charge < -0.3 is 34.3 Å². The first-order valence-electron chi connectivity index (χ1n) is 7.46. The molecule has 2 aromatic rings. The van der Waals surface area contributed by atoms with E-state index in [1.165, 1.54) is 12.1 Å². The molecule has 1 aromatic heterocycles. The molecule has 0 saturated carbocycles. The van der Waals surface area contributed by atoms with Crippen LogP contribution in [0.25, 0.3) is 11.0 Å². The van der Waals surface area contributed by atoms with Crippen molar-refractivity contribution in [3.8, 4) is 0 Å². The number of carboxylic acid groups (broad SMARTS) is 1. The molecule has 1 aliphatic heterocycles. The summed E-state index contributed by atoms with van der Waals surface area (Å²) >= 11 is 0. The van der Waals surface area contributed by atoms with Gasteiger partial charge in [-0.05, 0) is 12.1 Å². The van der Waals surface area contributed by atoms with Gasteiger partial charge >= 0.3 is 11.9 Å². The molecule has 0 amide bonds. The molecule has 5 atom stereocenters. The minimum Gasteiger partial charge on any atom is -0.479 e. The maximum absolute atomic E-state index is 12.2. The van der Waals surface area contributed by atoms with Crippen molar-refractivity contribution in [1.82, 2.24) is 0 Å². The second-order valence-electron chi connectivity index (χ2n) is 5.61. The third kappa shape index (κ3) is 3.18. The van der Waals surface area contributed by atoms with Crippen molar-refractivity contribution >= 4 is 22.9 Å².